The molecule has 0 spiro atoms. The van der Waals surface area contributed by atoms with E-state index in [0.29, 0.717) is 12.4 Å². The van der Waals surface area contributed by atoms with Gasteiger partial charge in [-0.2, -0.15) is 5.10 Å². The first-order chi connectivity index (χ1) is 11.6. The van der Waals surface area contributed by atoms with Gasteiger partial charge >= 0.3 is 0 Å². The summed E-state index contributed by atoms with van der Waals surface area (Å²) < 4.78 is 13.2. The second-order valence-electron chi connectivity index (χ2n) is 5.66. The summed E-state index contributed by atoms with van der Waals surface area (Å²) in [5.41, 5.74) is 0.188. The molecule has 3 rings (SSSR count). The average Bonchev–Trinajstić information content (AvgIpc) is 3.14. The summed E-state index contributed by atoms with van der Waals surface area (Å²) in [4.78, 5) is 30.3. The van der Waals surface area contributed by atoms with Crippen molar-refractivity contribution in [2.45, 2.75) is 25.3 Å². The number of nitrogens with zero attached hydrogens (tertiary/aromatic N) is 3. The molecule has 24 heavy (non-hydrogen) atoms. The Labute approximate surface area is 138 Å². The summed E-state index contributed by atoms with van der Waals surface area (Å²) in [5, 5.41) is 9.18. The van der Waals surface area contributed by atoms with Gasteiger partial charge in [-0.3, -0.25) is 14.7 Å². The summed E-state index contributed by atoms with van der Waals surface area (Å²) in [6.07, 6.45) is 4.14. The van der Waals surface area contributed by atoms with Crippen molar-refractivity contribution in [3.05, 3.63) is 47.8 Å². The van der Waals surface area contributed by atoms with E-state index in [4.69, 9.17) is 0 Å². The van der Waals surface area contributed by atoms with Crippen LogP contribution >= 0.6 is 0 Å². The van der Waals surface area contributed by atoms with Crippen molar-refractivity contribution in [2.75, 3.05) is 13.1 Å². The molecule has 8 heteroatoms. The fourth-order valence-corrected chi connectivity index (χ4v) is 2.88. The monoisotopic (exact) mass is 331 g/mol. The number of halogens is 1. The maximum absolute atomic E-state index is 13.2. The van der Waals surface area contributed by atoms with Crippen molar-refractivity contribution in [1.29, 1.82) is 0 Å². The van der Waals surface area contributed by atoms with E-state index in [1.54, 1.807) is 4.90 Å². The van der Waals surface area contributed by atoms with E-state index in [9.17, 15) is 14.0 Å². The zero-order chi connectivity index (χ0) is 16.9. The summed E-state index contributed by atoms with van der Waals surface area (Å²) in [5.74, 6) is -0.508. The van der Waals surface area contributed by atoms with Gasteiger partial charge < -0.3 is 10.2 Å². The summed E-state index contributed by atoms with van der Waals surface area (Å²) in [7, 11) is 0. The van der Waals surface area contributed by atoms with Crippen LogP contribution in [-0.4, -0.2) is 45.0 Å². The molecule has 1 atom stereocenters. The van der Waals surface area contributed by atoms with Gasteiger partial charge in [-0.05, 0) is 37.5 Å². The van der Waals surface area contributed by atoms with Crippen molar-refractivity contribution < 1.29 is 14.0 Å². The topological polar surface area (TPSA) is 91.0 Å². The number of hydrogen-bond acceptors (Lipinski definition) is 4. The maximum atomic E-state index is 13.2. The zero-order valence-corrected chi connectivity index (χ0v) is 13.0. The number of H-pyrrole nitrogens is 1. The van der Waals surface area contributed by atoms with Crippen LogP contribution in [0, 0.1) is 5.82 Å². The Bertz CT molecular complexity index is 719. The fraction of sp³-hybridized carbons (Fsp3) is 0.375. The Morgan fingerprint density at radius 2 is 2.25 bits per heavy atom. The predicted octanol–water partition coefficient (Wildman–Crippen LogP) is 1.43. The standard InChI is InChI=1S/C16H18FN5O2/c17-12-5-3-4-11(8-12)16(24)18-9-14(23)22-7-2-1-6-13(22)15-19-10-20-21-15/h3-5,8,10,13H,1-2,6-7,9H2,(H,18,24)(H,19,20,21). The first-order valence-corrected chi connectivity index (χ1v) is 7.83. The van der Waals surface area contributed by atoms with Crippen molar-refractivity contribution in [3.8, 4) is 0 Å². The Hall–Kier alpha value is -2.77. The predicted molar refractivity (Wildman–Crippen MR) is 83.4 cm³/mol. The molecule has 1 aromatic heterocycles. The number of piperidine rings is 1. The highest BCUT2D eigenvalue weighted by Gasteiger charge is 2.29. The molecule has 1 aliphatic heterocycles. The number of carbonyl (C=O) groups excluding carboxylic acids is 2. The number of rotatable bonds is 4. The van der Waals surface area contributed by atoms with Gasteiger partial charge in [0.25, 0.3) is 5.91 Å². The van der Waals surface area contributed by atoms with Crippen LogP contribution in [0.5, 0.6) is 0 Å². The van der Waals surface area contributed by atoms with E-state index in [0.717, 1.165) is 25.3 Å². The highest BCUT2D eigenvalue weighted by Crippen LogP contribution is 2.28. The van der Waals surface area contributed by atoms with Crippen molar-refractivity contribution >= 4 is 11.8 Å². The molecule has 1 fully saturated rings. The second-order valence-corrected chi connectivity index (χ2v) is 5.66. The molecule has 1 aliphatic rings. The summed E-state index contributed by atoms with van der Waals surface area (Å²) in [6, 6.07) is 5.20. The first-order valence-electron chi connectivity index (χ1n) is 7.83. The highest BCUT2D eigenvalue weighted by molar-refractivity contribution is 5.96. The number of benzene rings is 1. The Balaban J connectivity index is 1.62. The quantitative estimate of drug-likeness (QED) is 0.886. The van der Waals surface area contributed by atoms with E-state index in [-0.39, 0.29) is 24.1 Å². The third-order valence-corrected chi connectivity index (χ3v) is 4.06. The van der Waals surface area contributed by atoms with E-state index in [1.165, 1.54) is 24.5 Å². The van der Waals surface area contributed by atoms with Crippen molar-refractivity contribution in [2.24, 2.45) is 0 Å². The van der Waals surface area contributed by atoms with Gasteiger partial charge in [0.05, 0.1) is 12.6 Å². The summed E-state index contributed by atoms with van der Waals surface area (Å²) in [6.45, 7) is 0.472. The number of likely N-dealkylation sites (tertiary alicyclic amines) is 1. The molecule has 7 nitrogen and oxygen atoms in total. The van der Waals surface area contributed by atoms with Crippen LogP contribution in [0.25, 0.3) is 0 Å². The minimum atomic E-state index is -0.490. The molecule has 0 radical (unpaired) electrons. The molecule has 2 N–H and O–H groups in total. The lowest BCUT2D eigenvalue weighted by Gasteiger charge is -2.34. The van der Waals surface area contributed by atoms with E-state index < -0.39 is 11.7 Å². The second kappa shape index (κ2) is 7.20. The van der Waals surface area contributed by atoms with Gasteiger partial charge in [-0.1, -0.05) is 6.07 Å². The Morgan fingerprint density at radius 3 is 3.00 bits per heavy atom. The third kappa shape index (κ3) is 3.58. The van der Waals surface area contributed by atoms with Crippen LogP contribution in [0.3, 0.4) is 0 Å². The third-order valence-electron chi connectivity index (χ3n) is 4.06. The first kappa shape index (κ1) is 16.1. The number of hydrogen-bond donors (Lipinski definition) is 2. The van der Waals surface area contributed by atoms with Gasteiger partial charge in [-0.15, -0.1) is 0 Å². The minimum absolute atomic E-state index is 0.139. The number of aromatic nitrogens is 3. The highest BCUT2D eigenvalue weighted by atomic mass is 19.1. The minimum Gasteiger partial charge on any atom is -0.343 e. The smallest absolute Gasteiger partial charge is 0.251 e. The average molecular weight is 331 g/mol. The molecule has 1 saturated heterocycles. The fourth-order valence-electron chi connectivity index (χ4n) is 2.88. The number of nitrogens with one attached hydrogen (secondary N) is 2. The Morgan fingerprint density at radius 1 is 1.38 bits per heavy atom. The molecule has 2 aromatic rings. The number of amides is 2. The molecular formula is C16H18FN5O2. The Kier molecular flexibility index (Phi) is 4.83. The summed E-state index contributed by atoms with van der Waals surface area (Å²) >= 11 is 0. The molecular weight excluding hydrogens is 313 g/mol. The molecule has 126 valence electrons. The molecule has 1 aromatic carbocycles. The van der Waals surface area contributed by atoms with Crippen molar-refractivity contribution in [3.63, 3.8) is 0 Å². The largest absolute Gasteiger partial charge is 0.343 e. The lowest BCUT2D eigenvalue weighted by atomic mass is 10.0. The van der Waals surface area contributed by atoms with Crippen LogP contribution in [0.15, 0.2) is 30.6 Å². The van der Waals surface area contributed by atoms with Gasteiger partial charge in [0.2, 0.25) is 5.91 Å². The number of aromatic amines is 1. The molecule has 2 amide bonds. The van der Waals surface area contributed by atoms with Gasteiger partial charge in [-0.25, -0.2) is 9.37 Å². The molecule has 2 heterocycles. The van der Waals surface area contributed by atoms with Crippen LogP contribution < -0.4 is 5.32 Å². The maximum Gasteiger partial charge on any atom is 0.251 e. The SMILES string of the molecule is O=C(NCC(=O)N1CCCCC1c1ncn[nH]1)c1cccc(F)c1. The van der Waals surface area contributed by atoms with Gasteiger partial charge in [0.1, 0.15) is 18.0 Å². The van der Waals surface area contributed by atoms with Crippen molar-refractivity contribution in [1.82, 2.24) is 25.4 Å². The van der Waals surface area contributed by atoms with Gasteiger partial charge in [0, 0.05) is 12.1 Å². The van der Waals surface area contributed by atoms with Crippen LogP contribution in [-0.2, 0) is 4.79 Å². The molecule has 0 aliphatic carbocycles. The van der Waals surface area contributed by atoms with Gasteiger partial charge in [0.15, 0.2) is 0 Å². The normalized spacial score (nSPS) is 17.5. The lowest BCUT2D eigenvalue weighted by molar-refractivity contribution is -0.134. The zero-order valence-electron chi connectivity index (χ0n) is 13.0. The number of carbonyl (C=O) groups is 2. The van der Waals surface area contributed by atoms with E-state index in [1.807, 2.05) is 0 Å². The lowest BCUT2D eigenvalue weighted by Crippen LogP contribution is -2.44. The van der Waals surface area contributed by atoms with Crippen LogP contribution in [0.1, 0.15) is 41.5 Å². The molecule has 1 unspecified atom stereocenters. The van der Waals surface area contributed by atoms with Crippen LogP contribution in [0.4, 0.5) is 4.39 Å². The van der Waals surface area contributed by atoms with E-state index >= 15 is 0 Å². The van der Waals surface area contributed by atoms with Crippen LogP contribution in [0.2, 0.25) is 0 Å². The van der Waals surface area contributed by atoms with E-state index in [2.05, 4.69) is 20.5 Å². The molecule has 0 bridgehead atoms. The molecule has 0 saturated carbocycles.